The summed E-state index contributed by atoms with van der Waals surface area (Å²) in [7, 11) is 0. The highest BCUT2D eigenvalue weighted by molar-refractivity contribution is 6.30. The summed E-state index contributed by atoms with van der Waals surface area (Å²) in [6.07, 6.45) is 0.761. The Kier molecular flexibility index (Phi) is 6.87. The molecule has 180 valence electrons. The minimum Gasteiger partial charge on any atom is -0.421 e. The molecule has 5 rings (SSSR count). The number of hydrogen-bond acceptors (Lipinski definition) is 8. The number of halogens is 1. The fourth-order valence-electron chi connectivity index (χ4n) is 3.92. The lowest BCUT2D eigenvalue weighted by Crippen LogP contribution is -2.48. The zero-order chi connectivity index (χ0) is 24.2. The molecule has 1 saturated heterocycles. The summed E-state index contributed by atoms with van der Waals surface area (Å²) in [6.45, 7) is 5.35. The van der Waals surface area contributed by atoms with Gasteiger partial charge in [0.05, 0.1) is 6.54 Å². The zero-order valence-corrected chi connectivity index (χ0v) is 20.1. The molecule has 3 heterocycles. The van der Waals surface area contributed by atoms with Crippen LogP contribution in [-0.2, 0) is 17.8 Å². The van der Waals surface area contributed by atoms with Gasteiger partial charge in [-0.3, -0.25) is 9.69 Å². The van der Waals surface area contributed by atoms with Gasteiger partial charge in [0, 0.05) is 55.2 Å². The number of aromatic nitrogens is 4. The van der Waals surface area contributed by atoms with Crippen molar-refractivity contribution in [1.29, 1.82) is 0 Å². The molecule has 2 aromatic carbocycles. The van der Waals surface area contributed by atoms with Crippen LogP contribution >= 0.6 is 11.6 Å². The van der Waals surface area contributed by atoms with Crippen LogP contribution in [0, 0.1) is 6.92 Å². The van der Waals surface area contributed by atoms with Gasteiger partial charge < -0.3 is 13.8 Å². The van der Waals surface area contributed by atoms with Gasteiger partial charge in [-0.1, -0.05) is 34.5 Å². The lowest BCUT2D eigenvalue weighted by atomic mass is 10.1. The highest BCUT2D eigenvalue weighted by atomic mass is 35.5. The lowest BCUT2D eigenvalue weighted by molar-refractivity contribution is -0.133. The van der Waals surface area contributed by atoms with Crippen LogP contribution < -0.4 is 0 Å². The molecule has 0 unspecified atom stereocenters. The Bertz CT molecular complexity index is 1280. The topological polar surface area (TPSA) is 101 Å². The third-order valence-electron chi connectivity index (χ3n) is 5.97. The minimum absolute atomic E-state index is 0.0857. The largest absolute Gasteiger partial charge is 0.421 e. The normalized spacial score (nSPS) is 14.4. The van der Waals surface area contributed by atoms with Crippen molar-refractivity contribution in [1.82, 2.24) is 30.1 Å². The van der Waals surface area contributed by atoms with Crippen molar-refractivity contribution in [2.45, 2.75) is 26.3 Å². The first-order valence-electron chi connectivity index (χ1n) is 11.5. The standard InChI is InChI=1S/C25H25ClN6O3/c1-17-2-4-19(5-3-17)25-29-28-21(34-25)10-11-23(33)32-14-12-31(13-15-32)16-22-27-24(30-35-22)18-6-8-20(26)9-7-18/h2-9H,10-16H2,1H3. The molecule has 4 aromatic rings. The average molecular weight is 493 g/mol. The first-order chi connectivity index (χ1) is 17.0. The number of carbonyl (C=O) groups is 1. The SMILES string of the molecule is Cc1ccc(-c2nnc(CCC(=O)N3CCN(Cc4nc(-c5ccc(Cl)cc5)no4)CC3)o2)cc1. The van der Waals surface area contributed by atoms with Gasteiger partial charge in [0.1, 0.15) is 0 Å². The maximum Gasteiger partial charge on any atom is 0.247 e. The number of aryl methyl sites for hydroxylation is 2. The summed E-state index contributed by atoms with van der Waals surface area (Å²) in [6, 6.07) is 15.2. The van der Waals surface area contributed by atoms with E-state index < -0.39 is 0 Å². The van der Waals surface area contributed by atoms with Crippen LogP contribution in [0.15, 0.2) is 57.5 Å². The molecular formula is C25H25ClN6O3. The van der Waals surface area contributed by atoms with Gasteiger partial charge in [-0.15, -0.1) is 10.2 Å². The molecular weight excluding hydrogens is 468 g/mol. The van der Waals surface area contributed by atoms with E-state index in [4.69, 9.17) is 20.5 Å². The maximum absolute atomic E-state index is 12.7. The highest BCUT2D eigenvalue weighted by Crippen LogP contribution is 2.20. The molecule has 0 N–H and O–H groups in total. The molecule has 1 aliphatic rings. The second-order valence-electron chi connectivity index (χ2n) is 8.54. The van der Waals surface area contributed by atoms with E-state index in [2.05, 4.69) is 25.2 Å². The quantitative estimate of drug-likeness (QED) is 0.381. The van der Waals surface area contributed by atoms with Crippen molar-refractivity contribution in [3.63, 3.8) is 0 Å². The Morgan fingerprint density at radius 1 is 0.943 bits per heavy atom. The second-order valence-corrected chi connectivity index (χ2v) is 8.98. The van der Waals surface area contributed by atoms with Gasteiger partial charge in [-0.05, 0) is 43.3 Å². The van der Waals surface area contributed by atoms with Crippen LogP contribution in [0.2, 0.25) is 5.02 Å². The second kappa shape index (κ2) is 10.4. The van der Waals surface area contributed by atoms with E-state index in [9.17, 15) is 4.79 Å². The van der Waals surface area contributed by atoms with Crippen molar-refractivity contribution >= 4 is 17.5 Å². The van der Waals surface area contributed by atoms with Crippen LogP contribution in [0.3, 0.4) is 0 Å². The molecule has 10 heteroatoms. The molecule has 0 saturated carbocycles. The molecule has 1 amide bonds. The summed E-state index contributed by atoms with van der Waals surface area (Å²) in [5.41, 5.74) is 2.89. The third kappa shape index (κ3) is 5.75. The van der Waals surface area contributed by atoms with Gasteiger partial charge in [0.25, 0.3) is 0 Å². The summed E-state index contributed by atoms with van der Waals surface area (Å²) < 4.78 is 11.2. The van der Waals surface area contributed by atoms with E-state index in [1.807, 2.05) is 48.2 Å². The van der Waals surface area contributed by atoms with E-state index in [0.717, 1.165) is 24.2 Å². The van der Waals surface area contributed by atoms with Crippen LogP contribution in [0.5, 0.6) is 0 Å². The Balaban J connectivity index is 1.08. The molecule has 9 nitrogen and oxygen atoms in total. The average Bonchev–Trinajstić information content (AvgIpc) is 3.54. The fourth-order valence-corrected chi connectivity index (χ4v) is 4.05. The minimum atomic E-state index is 0.0857. The van der Waals surface area contributed by atoms with E-state index in [-0.39, 0.29) is 5.91 Å². The van der Waals surface area contributed by atoms with Gasteiger partial charge in [0.2, 0.25) is 29.4 Å². The summed E-state index contributed by atoms with van der Waals surface area (Å²) in [4.78, 5) is 21.3. The van der Waals surface area contributed by atoms with Crippen molar-refractivity contribution < 1.29 is 13.7 Å². The predicted octanol–water partition coefficient (Wildman–Crippen LogP) is 4.03. The smallest absolute Gasteiger partial charge is 0.247 e. The molecule has 35 heavy (non-hydrogen) atoms. The van der Waals surface area contributed by atoms with Crippen LogP contribution in [0.25, 0.3) is 22.8 Å². The zero-order valence-electron chi connectivity index (χ0n) is 19.4. The van der Waals surface area contributed by atoms with Gasteiger partial charge >= 0.3 is 0 Å². The number of carbonyl (C=O) groups excluding carboxylic acids is 1. The van der Waals surface area contributed by atoms with Gasteiger partial charge in [0.15, 0.2) is 0 Å². The molecule has 0 radical (unpaired) electrons. The fraction of sp³-hybridized carbons (Fsp3) is 0.320. The molecule has 0 spiro atoms. The monoisotopic (exact) mass is 492 g/mol. The number of piperazine rings is 1. The van der Waals surface area contributed by atoms with Crippen LogP contribution in [0.4, 0.5) is 0 Å². The Labute approximate surface area is 207 Å². The maximum atomic E-state index is 12.7. The van der Waals surface area contributed by atoms with Gasteiger partial charge in [-0.2, -0.15) is 4.98 Å². The molecule has 1 aliphatic heterocycles. The third-order valence-corrected chi connectivity index (χ3v) is 6.22. The molecule has 1 fully saturated rings. The van der Waals surface area contributed by atoms with Crippen molar-refractivity contribution in [3.8, 4) is 22.8 Å². The summed E-state index contributed by atoms with van der Waals surface area (Å²) >= 11 is 5.94. The summed E-state index contributed by atoms with van der Waals surface area (Å²) in [5.74, 6) is 2.12. The van der Waals surface area contributed by atoms with E-state index in [0.29, 0.717) is 61.0 Å². The van der Waals surface area contributed by atoms with Crippen LogP contribution in [-0.4, -0.2) is 62.2 Å². The number of hydrogen-bond donors (Lipinski definition) is 0. The molecule has 2 aromatic heterocycles. The van der Waals surface area contributed by atoms with Crippen LogP contribution in [0.1, 0.15) is 23.8 Å². The Morgan fingerprint density at radius 3 is 2.40 bits per heavy atom. The highest BCUT2D eigenvalue weighted by Gasteiger charge is 2.23. The van der Waals surface area contributed by atoms with Crippen molar-refractivity contribution in [2.24, 2.45) is 0 Å². The first kappa shape index (κ1) is 23.2. The van der Waals surface area contributed by atoms with Gasteiger partial charge in [-0.25, -0.2) is 0 Å². The number of amides is 1. The molecule has 0 atom stereocenters. The Hall–Kier alpha value is -3.56. The number of nitrogens with zero attached hydrogens (tertiary/aromatic N) is 6. The van der Waals surface area contributed by atoms with E-state index in [1.165, 1.54) is 5.56 Å². The van der Waals surface area contributed by atoms with Crippen molar-refractivity contribution in [3.05, 3.63) is 70.9 Å². The summed E-state index contributed by atoms with van der Waals surface area (Å²) in [5, 5.41) is 12.9. The first-order valence-corrected chi connectivity index (χ1v) is 11.9. The van der Waals surface area contributed by atoms with Crippen molar-refractivity contribution in [2.75, 3.05) is 26.2 Å². The van der Waals surface area contributed by atoms with E-state index >= 15 is 0 Å². The number of benzene rings is 2. The lowest BCUT2D eigenvalue weighted by Gasteiger charge is -2.33. The predicted molar refractivity (Wildman–Crippen MR) is 129 cm³/mol. The molecule has 0 aliphatic carbocycles. The molecule has 0 bridgehead atoms. The van der Waals surface area contributed by atoms with E-state index in [1.54, 1.807) is 12.1 Å². The number of rotatable bonds is 7. The Morgan fingerprint density at radius 2 is 1.66 bits per heavy atom.